The number of hydrogen-bond acceptors (Lipinski definition) is 5. The highest BCUT2D eigenvalue weighted by Gasteiger charge is 2.31. The van der Waals surface area contributed by atoms with Crippen molar-refractivity contribution in [3.63, 3.8) is 0 Å². The van der Waals surface area contributed by atoms with Crippen molar-refractivity contribution in [2.24, 2.45) is 4.99 Å². The second-order valence-corrected chi connectivity index (χ2v) is 5.78. The lowest BCUT2D eigenvalue weighted by atomic mass is 10.2. The van der Waals surface area contributed by atoms with Gasteiger partial charge in [0.05, 0.1) is 12.3 Å². The van der Waals surface area contributed by atoms with Gasteiger partial charge in [0.25, 0.3) is 11.8 Å². The molecule has 0 saturated heterocycles. The summed E-state index contributed by atoms with van der Waals surface area (Å²) in [6.45, 7) is 1.35. The Kier molecular flexibility index (Phi) is 6.19. The van der Waals surface area contributed by atoms with Crippen LogP contribution in [-0.4, -0.2) is 49.1 Å². The lowest BCUT2D eigenvalue weighted by Gasteiger charge is -2.30. The van der Waals surface area contributed by atoms with E-state index in [-0.39, 0.29) is 18.3 Å². The van der Waals surface area contributed by atoms with E-state index < -0.39 is 30.8 Å². The van der Waals surface area contributed by atoms with Crippen LogP contribution < -0.4 is 15.8 Å². The Bertz CT molecular complexity index is 679. The topological polar surface area (TPSA) is 83.0 Å². The molecule has 0 aliphatic carbocycles. The average molecular weight is 372 g/mol. The van der Waals surface area contributed by atoms with Gasteiger partial charge in [0.1, 0.15) is 12.6 Å². The monoisotopic (exact) mass is 372 g/mol. The molecule has 10 heteroatoms. The van der Waals surface area contributed by atoms with Crippen molar-refractivity contribution in [2.45, 2.75) is 32.1 Å². The minimum absolute atomic E-state index is 0.108. The summed E-state index contributed by atoms with van der Waals surface area (Å²) in [5, 5.41) is 3.69. The van der Waals surface area contributed by atoms with Crippen LogP contribution in [0.15, 0.2) is 35.3 Å². The van der Waals surface area contributed by atoms with Crippen molar-refractivity contribution in [3.05, 3.63) is 30.3 Å². The number of benzene rings is 1. The highest BCUT2D eigenvalue weighted by atomic mass is 19.4. The summed E-state index contributed by atoms with van der Waals surface area (Å²) in [6.07, 6.45) is -4.43. The number of aliphatic imine (C=N–C) groups is 1. The quantitative estimate of drug-likeness (QED) is 0.791. The highest BCUT2D eigenvalue weighted by Crippen LogP contribution is 2.16. The Balaban J connectivity index is 1.97. The van der Waals surface area contributed by atoms with E-state index in [9.17, 15) is 22.8 Å². The number of anilines is 1. The molecule has 2 unspecified atom stereocenters. The van der Waals surface area contributed by atoms with E-state index >= 15 is 0 Å². The van der Waals surface area contributed by atoms with Crippen LogP contribution >= 0.6 is 0 Å². The third-order valence-electron chi connectivity index (χ3n) is 3.36. The summed E-state index contributed by atoms with van der Waals surface area (Å²) in [4.78, 5) is 28.5. The number of amidine groups is 1. The molecular weight excluding hydrogens is 353 g/mol. The van der Waals surface area contributed by atoms with Crippen LogP contribution in [0, 0.1) is 0 Å². The van der Waals surface area contributed by atoms with Crippen molar-refractivity contribution < 1.29 is 27.5 Å². The maximum atomic E-state index is 12.3. The van der Waals surface area contributed by atoms with E-state index in [4.69, 9.17) is 0 Å². The van der Waals surface area contributed by atoms with E-state index in [0.717, 1.165) is 0 Å². The fourth-order valence-electron chi connectivity index (χ4n) is 2.19. The number of hydrazine groups is 1. The molecule has 2 N–H and O–H groups in total. The smallest absolute Gasteiger partial charge is 0.370 e. The molecule has 1 aromatic rings. The van der Waals surface area contributed by atoms with Gasteiger partial charge in [0.15, 0.2) is 0 Å². The zero-order valence-corrected chi connectivity index (χ0v) is 14.2. The summed E-state index contributed by atoms with van der Waals surface area (Å²) in [5.41, 5.74) is 3.17. The predicted octanol–water partition coefficient (Wildman–Crippen LogP) is 1.41. The van der Waals surface area contributed by atoms with Crippen LogP contribution in [-0.2, 0) is 14.3 Å². The fourth-order valence-corrected chi connectivity index (χ4v) is 2.19. The molecule has 0 fully saturated rings. The zero-order chi connectivity index (χ0) is 19.3. The lowest BCUT2D eigenvalue weighted by Crippen LogP contribution is -2.58. The number of carbonyl (C=O) groups is 2. The molecule has 26 heavy (non-hydrogen) atoms. The summed E-state index contributed by atoms with van der Waals surface area (Å²) in [7, 11) is 0. The number of ether oxygens (including phenoxy) is 1. The van der Waals surface area contributed by atoms with Gasteiger partial charge >= 0.3 is 6.18 Å². The lowest BCUT2D eigenvalue weighted by molar-refractivity contribution is -0.175. The van der Waals surface area contributed by atoms with Gasteiger partial charge in [-0.05, 0) is 26.0 Å². The molecule has 2 amide bonds. The molecule has 2 rings (SSSR count). The first kappa shape index (κ1) is 19.7. The first-order valence-electron chi connectivity index (χ1n) is 7.86. The molecule has 0 aromatic heterocycles. The summed E-state index contributed by atoms with van der Waals surface area (Å²) in [6, 6.07) is 7.17. The molecule has 1 heterocycles. The van der Waals surface area contributed by atoms with Gasteiger partial charge in [-0.3, -0.25) is 15.0 Å². The molecule has 1 aromatic carbocycles. The van der Waals surface area contributed by atoms with E-state index in [1.165, 1.54) is 11.9 Å². The Hall–Kier alpha value is -2.62. The third kappa shape index (κ3) is 5.45. The molecule has 2 atom stereocenters. The minimum atomic E-state index is -4.43. The van der Waals surface area contributed by atoms with Gasteiger partial charge in [-0.25, -0.2) is 10.0 Å². The first-order chi connectivity index (χ1) is 12.2. The number of alkyl halides is 3. The molecule has 0 radical (unpaired) electrons. The molecule has 1 aliphatic rings. The van der Waals surface area contributed by atoms with E-state index in [1.807, 2.05) is 0 Å². The number of hydrogen-bond donors (Lipinski definition) is 2. The molecule has 142 valence electrons. The normalized spacial score (nSPS) is 18.8. The Morgan fingerprint density at radius 1 is 1.38 bits per heavy atom. The summed E-state index contributed by atoms with van der Waals surface area (Å²) in [5.74, 6) is -1.09. The Morgan fingerprint density at radius 2 is 2.04 bits per heavy atom. The number of rotatable bonds is 6. The standard InChI is InChI=1S/C16H19F3N4O3/c1-10(8-26-9-16(17,18)19)20-14(24)13-21-11(2)15(25)23(22-13)12-6-4-3-5-7-12/h3-7,10-11H,8-9H2,1-2H3,(H,20,24)(H,21,22). The van der Waals surface area contributed by atoms with Gasteiger partial charge in [0.2, 0.25) is 5.84 Å². The predicted molar refractivity (Wildman–Crippen MR) is 88.4 cm³/mol. The maximum Gasteiger partial charge on any atom is 0.411 e. The zero-order valence-electron chi connectivity index (χ0n) is 14.2. The van der Waals surface area contributed by atoms with Gasteiger partial charge in [0, 0.05) is 6.04 Å². The van der Waals surface area contributed by atoms with Crippen molar-refractivity contribution in [2.75, 3.05) is 18.2 Å². The summed E-state index contributed by atoms with van der Waals surface area (Å²) < 4.78 is 40.7. The number of nitrogens with zero attached hydrogens (tertiary/aromatic N) is 2. The van der Waals surface area contributed by atoms with Gasteiger partial charge in [-0.1, -0.05) is 18.2 Å². The largest absolute Gasteiger partial charge is 0.411 e. The molecule has 0 bridgehead atoms. The van der Waals surface area contributed by atoms with Gasteiger partial charge < -0.3 is 10.1 Å². The van der Waals surface area contributed by atoms with Crippen LogP contribution in [0.4, 0.5) is 18.9 Å². The van der Waals surface area contributed by atoms with Crippen LogP contribution in [0.1, 0.15) is 13.8 Å². The number of amides is 2. The SMILES string of the molecule is CC(COCC(F)(F)F)NC(=O)C1=NC(C)C(=O)N(c2ccccc2)N1. The highest BCUT2D eigenvalue weighted by molar-refractivity contribution is 6.39. The van der Waals surface area contributed by atoms with Crippen LogP contribution in [0.3, 0.4) is 0 Å². The molecule has 1 aliphatic heterocycles. The fraction of sp³-hybridized carbons (Fsp3) is 0.438. The molecule has 0 spiro atoms. The maximum absolute atomic E-state index is 12.3. The van der Waals surface area contributed by atoms with Gasteiger partial charge in [-0.2, -0.15) is 13.2 Å². The number of halogens is 3. The Morgan fingerprint density at radius 3 is 2.65 bits per heavy atom. The first-order valence-corrected chi connectivity index (χ1v) is 7.86. The van der Waals surface area contributed by atoms with E-state index in [0.29, 0.717) is 5.69 Å². The number of carbonyl (C=O) groups excluding carboxylic acids is 2. The second kappa shape index (κ2) is 8.17. The van der Waals surface area contributed by atoms with Crippen LogP contribution in [0.25, 0.3) is 0 Å². The van der Waals surface area contributed by atoms with Crippen LogP contribution in [0.5, 0.6) is 0 Å². The van der Waals surface area contributed by atoms with Crippen molar-refractivity contribution in [1.82, 2.24) is 10.7 Å². The molecular formula is C16H19F3N4O3. The van der Waals surface area contributed by atoms with Gasteiger partial charge in [-0.15, -0.1) is 0 Å². The minimum Gasteiger partial charge on any atom is -0.370 e. The van der Waals surface area contributed by atoms with Crippen molar-refractivity contribution >= 4 is 23.3 Å². The third-order valence-corrected chi connectivity index (χ3v) is 3.36. The average Bonchev–Trinajstić information content (AvgIpc) is 2.56. The van der Waals surface area contributed by atoms with Crippen molar-refractivity contribution in [1.29, 1.82) is 0 Å². The summed E-state index contributed by atoms with van der Waals surface area (Å²) >= 11 is 0. The Labute approximate surface area is 148 Å². The molecule has 0 saturated carbocycles. The second-order valence-electron chi connectivity index (χ2n) is 5.78. The number of para-hydroxylation sites is 1. The van der Waals surface area contributed by atoms with Crippen LogP contribution in [0.2, 0.25) is 0 Å². The molecule has 7 nitrogen and oxygen atoms in total. The van der Waals surface area contributed by atoms with E-state index in [1.54, 1.807) is 37.3 Å². The van der Waals surface area contributed by atoms with Crippen molar-refractivity contribution in [3.8, 4) is 0 Å². The van der Waals surface area contributed by atoms with E-state index in [2.05, 4.69) is 20.5 Å². The number of nitrogens with one attached hydrogen (secondary N) is 2.